The highest BCUT2D eigenvalue weighted by molar-refractivity contribution is 5.18. The Morgan fingerprint density at radius 3 is 2.71 bits per heavy atom. The predicted molar refractivity (Wildman–Crippen MR) is 52.4 cm³/mol. The normalized spacial score (nSPS) is 13.2. The van der Waals surface area contributed by atoms with Gasteiger partial charge in [0.15, 0.2) is 0 Å². The molecule has 0 spiro atoms. The van der Waals surface area contributed by atoms with Crippen molar-refractivity contribution in [3.63, 3.8) is 0 Å². The van der Waals surface area contributed by atoms with Crippen LogP contribution in [0.25, 0.3) is 0 Å². The summed E-state index contributed by atoms with van der Waals surface area (Å²) in [5, 5.41) is 9.60. The zero-order valence-corrected chi connectivity index (χ0v) is 8.40. The maximum absolute atomic E-state index is 12.8. The zero-order valence-electron chi connectivity index (χ0n) is 8.40. The van der Waals surface area contributed by atoms with Crippen molar-refractivity contribution >= 4 is 0 Å². The lowest BCUT2D eigenvalue weighted by molar-refractivity contribution is 0.00483. The molecule has 0 aliphatic heterocycles. The molecule has 0 bridgehead atoms. The summed E-state index contributed by atoms with van der Waals surface area (Å²) in [4.78, 5) is 0. The summed E-state index contributed by atoms with van der Waals surface area (Å²) in [5.41, 5.74) is 0.547. The third-order valence-electron chi connectivity index (χ3n) is 1.82. The highest BCUT2D eigenvalue weighted by atomic mass is 19.1. The van der Waals surface area contributed by atoms with Crippen molar-refractivity contribution in [3.8, 4) is 0 Å². The topological polar surface area (TPSA) is 29.5 Å². The van der Waals surface area contributed by atoms with E-state index in [1.54, 1.807) is 12.1 Å². The van der Waals surface area contributed by atoms with E-state index in [2.05, 4.69) is 0 Å². The van der Waals surface area contributed by atoms with Gasteiger partial charge in [-0.3, -0.25) is 0 Å². The molecule has 2 nitrogen and oxygen atoms in total. The standard InChI is InChI=1S/C11H15FO2/c1-8(2)14-7-11(13)9-4-3-5-10(12)6-9/h3-6,8,11,13H,7H2,1-2H3/t11-/m0/s1. The van der Waals surface area contributed by atoms with Gasteiger partial charge in [-0.25, -0.2) is 4.39 Å². The summed E-state index contributed by atoms with van der Waals surface area (Å²) in [5.74, 6) is -0.342. The molecule has 0 saturated heterocycles. The Balaban J connectivity index is 2.56. The molecular weight excluding hydrogens is 183 g/mol. The SMILES string of the molecule is CC(C)OC[C@H](O)c1cccc(F)c1. The van der Waals surface area contributed by atoms with Crippen LogP contribution in [0.1, 0.15) is 25.5 Å². The fraction of sp³-hybridized carbons (Fsp3) is 0.455. The second kappa shape index (κ2) is 5.08. The smallest absolute Gasteiger partial charge is 0.123 e. The fourth-order valence-electron chi connectivity index (χ4n) is 1.09. The average molecular weight is 198 g/mol. The van der Waals surface area contributed by atoms with E-state index in [4.69, 9.17) is 4.74 Å². The molecule has 1 rings (SSSR count). The van der Waals surface area contributed by atoms with E-state index in [1.807, 2.05) is 13.8 Å². The van der Waals surface area contributed by atoms with E-state index < -0.39 is 6.10 Å². The minimum atomic E-state index is -0.756. The molecule has 78 valence electrons. The minimum absolute atomic E-state index is 0.0678. The molecule has 0 fully saturated rings. The minimum Gasteiger partial charge on any atom is -0.386 e. The van der Waals surface area contributed by atoms with Crippen molar-refractivity contribution in [2.45, 2.75) is 26.1 Å². The molecule has 0 unspecified atom stereocenters. The van der Waals surface area contributed by atoms with Gasteiger partial charge in [0.25, 0.3) is 0 Å². The van der Waals surface area contributed by atoms with Crippen LogP contribution >= 0.6 is 0 Å². The van der Waals surface area contributed by atoms with E-state index in [9.17, 15) is 9.50 Å². The Kier molecular flexibility index (Phi) is 4.04. The Labute approximate surface area is 83.3 Å². The van der Waals surface area contributed by atoms with Crippen LogP contribution in [0, 0.1) is 5.82 Å². The summed E-state index contributed by atoms with van der Waals surface area (Å²) in [6.07, 6.45) is -0.689. The van der Waals surface area contributed by atoms with E-state index >= 15 is 0 Å². The van der Waals surface area contributed by atoms with Crippen LogP contribution < -0.4 is 0 Å². The lowest BCUT2D eigenvalue weighted by atomic mass is 10.1. The maximum atomic E-state index is 12.8. The lowest BCUT2D eigenvalue weighted by Gasteiger charge is -2.13. The van der Waals surface area contributed by atoms with Crippen LogP contribution in [-0.2, 0) is 4.74 Å². The van der Waals surface area contributed by atoms with Crippen molar-refractivity contribution in [1.29, 1.82) is 0 Å². The number of benzene rings is 1. The van der Waals surface area contributed by atoms with E-state index in [0.717, 1.165) is 0 Å². The number of halogens is 1. The van der Waals surface area contributed by atoms with Crippen LogP contribution in [0.2, 0.25) is 0 Å². The Morgan fingerprint density at radius 1 is 1.43 bits per heavy atom. The van der Waals surface area contributed by atoms with E-state index in [0.29, 0.717) is 5.56 Å². The highest BCUT2D eigenvalue weighted by Crippen LogP contribution is 2.14. The van der Waals surface area contributed by atoms with Crippen molar-refractivity contribution in [1.82, 2.24) is 0 Å². The van der Waals surface area contributed by atoms with Gasteiger partial charge in [-0.05, 0) is 31.5 Å². The first-order chi connectivity index (χ1) is 6.59. The van der Waals surface area contributed by atoms with Crippen molar-refractivity contribution in [2.24, 2.45) is 0 Å². The quantitative estimate of drug-likeness (QED) is 0.804. The summed E-state index contributed by atoms with van der Waals surface area (Å²) in [7, 11) is 0. The molecule has 1 aromatic carbocycles. The van der Waals surface area contributed by atoms with Crippen LogP contribution in [0.4, 0.5) is 4.39 Å². The first-order valence-electron chi connectivity index (χ1n) is 4.64. The Bertz CT molecular complexity index is 286. The molecule has 0 aromatic heterocycles. The zero-order chi connectivity index (χ0) is 10.6. The van der Waals surface area contributed by atoms with E-state index in [1.165, 1.54) is 12.1 Å². The largest absolute Gasteiger partial charge is 0.386 e. The van der Waals surface area contributed by atoms with Gasteiger partial charge in [-0.2, -0.15) is 0 Å². The van der Waals surface area contributed by atoms with Gasteiger partial charge < -0.3 is 9.84 Å². The summed E-state index contributed by atoms with van der Waals surface area (Å²) < 4.78 is 18.0. The second-order valence-electron chi connectivity index (χ2n) is 3.45. The van der Waals surface area contributed by atoms with Crippen LogP contribution in [-0.4, -0.2) is 17.8 Å². The number of hydrogen-bond acceptors (Lipinski definition) is 2. The molecule has 14 heavy (non-hydrogen) atoms. The third kappa shape index (κ3) is 3.44. The third-order valence-corrected chi connectivity index (χ3v) is 1.82. The number of aliphatic hydroxyl groups excluding tert-OH is 1. The molecule has 3 heteroatoms. The summed E-state index contributed by atoms with van der Waals surface area (Å²) in [6, 6.07) is 5.91. The maximum Gasteiger partial charge on any atom is 0.123 e. The van der Waals surface area contributed by atoms with Crippen molar-refractivity contribution in [2.75, 3.05) is 6.61 Å². The van der Waals surface area contributed by atoms with Gasteiger partial charge in [0.2, 0.25) is 0 Å². The molecule has 1 N–H and O–H groups in total. The number of aliphatic hydroxyl groups is 1. The number of hydrogen-bond donors (Lipinski definition) is 1. The van der Waals surface area contributed by atoms with Gasteiger partial charge in [-0.15, -0.1) is 0 Å². The second-order valence-corrected chi connectivity index (χ2v) is 3.45. The molecule has 0 saturated carbocycles. The van der Waals surface area contributed by atoms with Gasteiger partial charge in [0.05, 0.1) is 12.7 Å². The first kappa shape index (κ1) is 11.1. The summed E-state index contributed by atoms with van der Waals surface area (Å²) in [6.45, 7) is 3.97. The number of ether oxygens (including phenoxy) is 1. The Morgan fingerprint density at radius 2 is 2.14 bits per heavy atom. The predicted octanol–water partition coefficient (Wildman–Crippen LogP) is 2.28. The lowest BCUT2D eigenvalue weighted by Crippen LogP contribution is -2.11. The molecule has 0 amide bonds. The van der Waals surface area contributed by atoms with E-state index in [-0.39, 0.29) is 18.5 Å². The molecule has 0 heterocycles. The van der Waals surface area contributed by atoms with Crippen molar-refractivity contribution < 1.29 is 14.2 Å². The molecule has 0 aliphatic carbocycles. The average Bonchev–Trinajstić information content (AvgIpc) is 2.14. The highest BCUT2D eigenvalue weighted by Gasteiger charge is 2.08. The van der Waals surface area contributed by atoms with Gasteiger partial charge in [-0.1, -0.05) is 12.1 Å². The molecule has 1 atom stereocenters. The molecular formula is C11H15FO2. The number of rotatable bonds is 4. The molecule has 1 aromatic rings. The Hall–Kier alpha value is -0.930. The fourth-order valence-corrected chi connectivity index (χ4v) is 1.09. The molecule has 0 aliphatic rings. The summed E-state index contributed by atoms with van der Waals surface area (Å²) >= 11 is 0. The van der Waals surface area contributed by atoms with Crippen LogP contribution in [0.3, 0.4) is 0 Å². The van der Waals surface area contributed by atoms with Gasteiger partial charge in [0, 0.05) is 0 Å². The van der Waals surface area contributed by atoms with Crippen LogP contribution in [0.15, 0.2) is 24.3 Å². The molecule has 0 radical (unpaired) electrons. The van der Waals surface area contributed by atoms with Crippen LogP contribution in [0.5, 0.6) is 0 Å². The first-order valence-corrected chi connectivity index (χ1v) is 4.64. The monoisotopic (exact) mass is 198 g/mol. The van der Waals surface area contributed by atoms with Crippen molar-refractivity contribution in [3.05, 3.63) is 35.6 Å². The van der Waals surface area contributed by atoms with Gasteiger partial charge >= 0.3 is 0 Å². The van der Waals surface area contributed by atoms with Gasteiger partial charge in [0.1, 0.15) is 11.9 Å².